The van der Waals surface area contributed by atoms with Gasteiger partial charge in [0.2, 0.25) is 15.9 Å². The van der Waals surface area contributed by atoms with Crippen molar-refractivity contribution in [3.05, 3.63) is 66.2 Å². The van der Waals surface area contributed by atoms with Gasteiger partial charge in [0.25, 0.3) is 0 Å². The lowest BCUT2D eigenvalue weighted by molar-refractivity contribution is -0.120. The summed E-state index contributed by atoms with van der Waals surface area (Å²) in [6.45, 7) is 0.0508. The van der Waals surface area contributed by atoms with E-state index < -0.39 is 10.0 Å². The van der Waals surface area contributed by atoms with Crippen molar-refractivity contribution in [3.8, 4) is 0 Å². The molecule has 0 fully saturated rings. The molecule has 122 valence electrons. The van der Waals surface area contributed by atoms with E-state index >= 15 is 0 Å². The number of likely N-dealkylation sites (N-methyl/N-ethyl adjacent to an activating group) is 1. The predicted octanol–water partition coefficient (Wildman–Crippen LogP) is 1.67. The number of benzene rings is 2. The second kappa shape index (κ2) is 7.89. The molecular formula is C17H20N2O3S. The number of hydrogen-bond donors (Lipinski definition) is 1. The summed E-state index contributed by atoms with van der Waals surface area (Å²) in [6.07, 6.45) is 0.546. The summed E-state index contributed by atoms with van der Waals surface area (Å²) in [6, 6.07) is 17.8. The van der Waals surface area contributed by atoms with E-state index in [9.17, 15) is 13.2 Å². The van der Waals surface area contributed by atoms with Gasteiger partial charge in [-0.1, -0.05) is 48.5 Å². The SMILES string of the molecule is CNC(=O)CN(CCc1ccccc1)S(=O)(=O)c1ccccc1. The highest BCUT2D eigenvalue weighted by atomic mass is 32.2. The third kappa shape index (κ3) is 4.64. The van der Waals surface area contributed by atoms with Crippen molar-refractivity contribution in [1.29, 1.82) is 0 Å². The number of hydrogen-bond acceptors (Lipinski definition) is 3. The van der Waals surface area contributed by atoms with Gasteiger partial charge in [-0.05, 0) is 24.1 Å². The molecule has 23 heavy (non-hydrogen) atoms. The van der Waals surface area contributed by atoms with Crippen LogP contribution in [0.4, 0.5) is 0 Å². The molecular weight excluding hydrogens is 312 g/mol. The summed E-state index contributed by atoms with van der Waals surface area (Å²) >= 11 is 0. The van der Waals surface area contributed by atoms with Crippen LogP contribution in [0, 0.1) is 0 Å². The highest BCUT2D eigenvalue weighted by Gasteiger charge is 2.25. The van der Waals surface area contributed by atoms with Crippen LogP contribution >= 0.6 is 0 Å². The molecule has 0 aromatic heterocycles. The Hall–Kier alpha value is -2.18. The predicted molar refractivity (Wildman–Crippen MR) is 89.4 cm³/mol. The first kappa shape index (κ1) is 17.2. The highest BCUT2D eigenvalue weighted by Crippen LogP contribution is 2.15. The van der Waals surface area contributed by atoms with Crippen molar-refractivity contribution >= 4 is 15.9 Å². The van der Waals surface area contributed by atoms with Crippen LogP contribution in [0.3, 0.4) is 0 Å². The zero-order valence-corrected chi connectivity index (χ0v) is 13.8. The first-order valence-corrected chi connectivity index (χ1v) is 8.78. The van der Waals surface area contributed by atoms with E-state index in [0.717, 1.165) is 5.56 Å². The normalized spacial score (nSPS) is 11.4. The van der Waals surface area contributed by atoms with Gasteiger partial charge in [0.05, 0.1) is 11.4 Å². The van der Waals surface area contributed by atoms with Crippen LogP contribution in [0.5, 0.6) is 0 Å². The molecule has 0 bridgehead atoms. The van der Waals surface area contributed by atoms with Crippen LogP contribution in [0.2, 0.25) is 0 Å². The van der Waals surface area contributed by atoms with Gasteiger partial charge in [-0.25, -0.2) is 8.42 Å². The fraction of sp³-hybridized carbons (Fsp3) is 0.235. The largest absolute Gasteiger partial charge is 0.358 e. The van der Waals surface area contributed by atoms with E-state index in [4.69, 9.17) is 0 Å². The van der Waals surface area contributed by atoms with Gasteiger partial charge >= 0.3 is 0 Å². The summed E-state index contributed by atoms with van der Waals surface area (Å²) in [4.78, 5) is 11.9. The Kier molecular flexibility index (Phi) is 5.90. The maximum absolute atomic E-state index is 12.8. The smallest absolute Gasteiger partial charge is 0.243 e. The molecule has 0 atom stereocenters. The summed E-state index contributed by atoms with van der Waals surface area (Å²) in [5, 5.41) is 2.47. The van der Waals surface area contributed by atoms with Crippen LogP contribution in [0.15, 0.2) is 65.6 Å². The molecule has 0 radical (unpaired) electrons. The van der Waals surface area contributed by atoms with Gasteiger partial charge < -0.3 is 5.32 Å². The molecule has 0 saturated carbocycles. The molecule has 0 saturated heterocycles. The first-order valence-electron chi connectivity index (χ1n) is 7.34. The minimum Gasteiger partial charge on any atom is -0.358 e. The maximum Gasteiger partial charge on any atom is 0.243 e. The average molecular weight is 332 g/mol. The minimum atomic E-state index is -3.70. The third-order valence-corrected chi connectivity index (χ3v) is 5.33. The molecule has 0 aliphatic heterocycles. The standard InChI is InChI=1S/C17H20N2O3S/c1-18-17(20)14-19(13-12-15-8-4-2-5-9-15)23(21,22)16-10-6-3-7-11-16/h2-11H,12-14H2,1H3,(H,18,20). The number of amides is 1. The molecule has 5 nitrogen and oxygen atoms in total. The van der Waals surface area contributed by atoms with Gasteiger partial charge in [0.1, 0.15) is 0 Å². The third-order valence-electron chi connectivity index (χ3n) is 3.47. The van der Waals surface area contributed by atoms with E-state index in [2.05, 4.69) is 5.32 Å². The van der Waals surface area contributed by atoms with E-state index in [1.807, 2.05) is 30.3 Å². The fourth-order valence-corrected chi connectivity index (χ4v) is 3.58. The first-order chi connectivity index (χ1) is 11.0. The lowest BCUT2D eigenvalue weighted by atomic mass is 10.1. The minimum absolute atomic E-state index is 0.192. The Bertz CT molecular complexity index is 731. The Morgan fingerprint density at radius 1 is 1.00 bits per heavy atom. The summed E-state index contributed by atoms with van der Waals surface area (Å²) in [7, 11) is -2.21. The molecule has 0 aliphatic rings. The van der Waals surface area contributed by atoms with Gasteiger partial charge in [-0.2, -0.15) is 4.31 Å². The van der Waals surface area contributed by atoms with Crippen molar-refractivity contribution in [1.82, 2.24) is 9.62 Å². The number of carbonyl (C=O) groups is 1. The van der Waals surface area contributed by atoms with Crippen LogP contribution < -0.4 is 5.32 Å². The molecule has 0 spiro atoms. The quantitative estimate of drug-likeness (QED) is 0.839. The van der Waals surface area contributed by atoms with Crippen molar-refractivity contribution in [2.24, 2.45) is 0 Å². The fourth-order valence-electron chi connectivity index (χ4n) is 2.16. The zero-order valence-electron chi connectivity index (χ0n) is 13.0. The second-order valence-electron chi connectivity index (χ2n) is 5.06. The van der Waals surface area contributed by atoms with Gasteiger partial charge in [0.15, 0.2) is 0 Å². The molecule has 6 heteroatoms. The Balaban J connectivity index is 2.21. The summed E-state index contributed by atoms with van der Waals surface area (Å²) in [5.41, 5.74) is 1.03. The van der Waals surface area contributed by atoms with E-state index in [1.165, 1.54) is 23.5 Å². The molecule has 0 heterocycles. The average Bonchev–Trinajstić information content (AvgIpc) is 2.59. The Morgan fingerprint density at radius 2 is 1.57 bits per heavy atom. The molecule has 2 aromatic rings. The molecule has 2 aromatic carbocycles. The maximum atomic E-state index is 12.8. The molecule has 0 unspecified atom stereocenters. The zero-order chi connectivity index (χ0) is 16.7. The second-order valence-corrected chi connectivity index (χ2v) is 7.00. The molecule has 1 amide bonds. The number of sulfonamides is 1. The van der Waals surface area contributed by atoms with Gasteiger partial charge in [-0.3, -0.25) is 4.79 Å². The number of nitrogens with zero attached hydrogens (tertiary/aromatic N) is 1. The van der Waals surface area contributed by atoms with Crippen molar-refractivity contribution < 1.29 is 13.2 Å². The van der Waals surface area contributed by atoms with E-state index in [0.29, 0.717) is 6.42 Å². The van der Waals surface area contributed by atoms with Crippen LogP contribution in [0.1, 0.15) is 5.56 Å². The molecule has 2 rings (SSSR count). The molecule has 1 N–H and O–H groups in total. The van der Waals surface area contributed by atoms with Crippen molar-refractivity contribution in [2.45, 2.75) is 11.3 Å². The summed E-state index contributed by atoms with van der Waals surface area (Å²) < 4.78 is 26.7. The highest BCUT2D eigenvalue weighted by molar-refractivity contribution is 7.89. The summed E-state index contributed by atoms with van der Waals surface area (Å²) in [5.74, 6) is -0.336. The van der Waals surface area contributed by atoms with Crippen LogP contribution in [0.25, 0.3) is 0 Å². The molecule has 0 aliphatic carbocycles. The van der Waals surface area contributed by atoms with Crippen molar-refractivity contribution in [2.75, 3.05) is 20.1 Å². The lowest BCUT2D eigenvalue weighted by Gasteiger charge is -2.21. The van der Waals surface area contributed by atoms with Crippen LogP contribution in [-0.4, -0.2) is 38.8 Å². The van der Waals surface area contributed by atoms with E-state index in [-0.39, 0.29) is 23.9 Å². The Morgan fingerprint density at radius 3 is 2.13 bits per heavy atom. The van der Waals surface area contributed by atoms with E-state index in [1.54, 1.807) is 18.2 Å². The van der Waals surface area contributed by atoms with Gasteiger partial charge in [0, 0.05) is 13.6 Å². The van der Waals surface area contributed by atoms with Crippen molar-refractivity contribution in [3.63, 3.8) is 0 Å². The number of nitrogens with one attached hydrogen (secondary N) is 1. The number of carbonyl (C=O) groups excluding carboxylic acids is 1. The van der Waals surface area contributed by atoms with Gasteiger partial charge in [-0.15, -0.1) is 0 Å². The lowest BCUT2D eigenvalue weighted by Crippen LogP contribution is -2.40. The van der Waals surface area contributed by atoms with Crippen LogP contribution in [-0.2, 0) is 21.2 Å². The Labute approximate surface area is 137 Å². The topological polar surface area (TPSA) is 66.5 Å². The number of rotatable bonds is 7. The monoisotopic (exact) mass is 332 g/mol.